The quantitative estimate of drug-likeness (QED) is 0.300. The van der Waals surface area contributed by atoms with Crippen LogP contribution in [0.2, 0.25) is 0 Å². The standard InChI is InChI=1S/C28H37FN2O7/c1-16(2)23(21-10-9-20(29)13-18(21)5)19(6)36-15-28(7,14-32)31-26(33)24-25(22(35-8)11-12-30-24)38-27(34)37-17(3)4/h9-14,16-17,19,23H,15H2,1-8H3,(H,31,33)/t19-,23+,28+/m0/s1. The molecule has 1 amide bonds. The first kappa shape index (κ1) is 30.7. The van der Waals surface area contributed by atoms with E-state index in [9.17, 15) is 18.8 Å². The Bertz CT molecular complexity index is 1140. The largest absolute Gasteiger partial charge is 0.514 e. The third-order valence-corrected chi connectivity index (χ3v) is 5.94. The van der Waals surface area contributed by atoms with E-state index in [1.54, 1.807) is 19.9 Å². The number of ether oxygens (including phenoxy) is 4. The number of carbonyl (C=O) groups excluding carboxylic acids is 3. The van der Waals surface area contributed by atoms with Crippen molar-refractivity contribution in [2.75, 3.05) is 13.7 Å². The minimum absolute atomic E-state index is 0.0815. The summed E-state index contributed by atoms with van der Waals surface area (Å²) in [4.78, 5) is 41.4. The topological polar surface area (TPSA) is 113 Å². The molecule has 0 aliphatic heterocycles. The summed E-state index contributed by atoms with van der Waals surface area (Å²) in [6.07, 6.45) is 0.0252. The van der Waals surface area contributed by atoms with Crippen LogP contribution in [0.1, 0.15) is 69.1 Å². The second-order valence-electron chi connectivity index (χ2n) is 9.99. The third kappa shape index (κ3) is 7.98. The van der Waals surface area contributed by atoms with E-state index in [4.69, 9.17) is 18.9 Å². The second kappa shape index (κ2) is 13.3. The number of aldehydes is 1. The number of benzene rings is 1. The highest BCUT2D eigenvalue weighted by Crippen LogP contribution is 2.33. The molecule has 1 aromatic carbocycles. The fraction of sp³-hybridized carbons (Fsp3) is 0.500. The van der Waals surface area contributed by atoms with Gasteiger partial charge in [-0.3, -0.25) is 4.79 Å². The van der Waals surface area contributed by atoms with Gasteiger partial charge in [0.1, 0.15) is 17.6 Å². The van der Waals surface area contributed by atoms with Crippen molar-refractivity contribution in [2.24, 2.45) is 5.92 Å². The zero-order valence-corrected chi connectivity index (χ0v) is 23.2. The summed E-state index contributed by atoms with van der Waals surface area (Å²) in [5, 5.41) is 2.62. The molecule has 0 saturated carbocycles. The lowest BCUT2D eigenvalue weighted by molar-refractivity contribution is -0.116. The summed E-state index contributed by atoms with van der Waals surface area (Å²) in [5.74, 6) is -1.19. The molecule has 10 heteroatoms. The van der Waals surface area contributed by atoms with Crippen molar-refractivity contribution in [1.82, 2.24) is 10.3 Å². The molecule has 0 radical (unpaired) electrons. The highest BCUT2D eigenvalue weighted by atomic mass is 19.1. The van der Waals surface area contributed by atoms with Crippen molar-refractivity contribution in [3.63, 3.8) is 0 Å². The molecule has 208 valence electrons. The smallest absolute Gasteiger partial charge is 0.493 e. The molecule has 1 heterocycles. The van der Waals surface area contributed by atoms with E-state index in [0.29, 0.717) is 6.29 Å². The van der Waals surface area contributed by atoms with Crippen LogP contribution in [0.3, 0.4) is 0 Å². The van der Waals surface area contributed by atoms with Gasteiger partial charge >= 0.3 is 6.16 Å². The Labute approximate surface area is 223 Å². The van der Waals surface area contributed by atoms with Crippen molar-refractivity contribution in [3.8, 4) is 11.5 Å². The van der Waals surface area contributed by atoms with E-state index in [-0.39, 0.29) is 47.6 Å². The van der Waals surface area contributed by atoms with Gasteiger partial charge in [0.25, 0.3) is 5.91 Å². The average Bonchev–Trinajstić information content (AvgIpc) is 2.83. The molecule has 0 aliphatic rings. The second-order valence-corrected chi connectivity index (χ2v) is 9.99. The lowest BCUT2D eigenvalue weighted by Gasteiger charge is -2.32. The Morgan fingerprint density at radius 3 is 2.39 bits per heavy atom. The summed E-state index contributed by atoms with van der Waals surface area (Å²) >= 11 is 0. The van der Waals surface area contributed by atoms with Gasteiger partial charge in [-0.25, -0.2) is 14.2 Å². The van der Waals surface area contributed by atoms with Crippen LogP contribution in [-0.4, -0.2) is 54.8 Å². The van der Waals surface area contributed by atoms with Crippen LogP contribution in [0.15, 0.2) is 30.5 Å². The van der Waals surface area contributed by atoms with Gasteiger partial charge in [0.2, 0.25) is 5.75 Å². The molecule has 0 unspecified atom stereocenters. The van der Waals surface area contributed by atoms with E-state index in [2.05, 4.69) is 10.3 Å². The first-order valence-corrected chi connectivity index (χ1v) is 12.4. The molecule has 2 aromatic rings. The molecule has 0 saturated heterocycles. The molecule has 3 atom stereocenters. The number of pyridine rings is 1. The Morgan fingerprint density at radius 2 is 1.84 bits per heavy atom. The fourth-order valence-electron chi connectivity index (χ4n) is 4.14. The molecule has 0 aliphatic carbocycles. The lowest BCUT2D eigenvalue weighted by Crippen LogP contribution is -2.52. The molecule has 0 spiro atoms. The first-order chi connectivity index (χ1) is 17.8. The minimum Gasteiger partial charge on any atom is -0.493 e. The van der Waals surface area contributed by atoms with Crippen LogP contribution in [0.5, 0.6) is 11.5 Å². The molecule has 9 nitrogen and oxygen atoms in total. The number of aromatic nitrogens is 1. The Balaban J connectivity index is 2.23. The molecule has 38 heavy (non-hydrogen) atoms. The van der Waals surface area contributed by atoms with Gasteiger partial charge in [-0.1, -0.05) is 19.9 Å². The van der Waals surface area contributed by atoms with Gasteiger partial charge in [-0.15, -0.1) is 0 Å². The number of methoxy groups -OCH3 is 1. The van der Waals surface area contributed by atoms with Gasteiger partial charge in [0, 0.05) is 18.2 Å². The number of rotatable bonds is 12. The maximum absolute atomic E-state index is 13.7. The molecule has 1 N–H and O–H groups in total. The Hall–Kier alpha value is -3.53. The van der Waals surface area contributed by atoms with Crippen LogP contribution >= 0.6 is 0 Å². The molecule has 1 aromatic heterocycles. The number of nitrogens with zero attached hydrogens (tertiary/aromatic N) is 1. The van der Waals surface area contributed by atoms with Crippen molar-refractivity contribution in [1.29, 1.82) is 0 Å². The third-order valence-electron chi connectivity index (χ3n) is 5.94. The zero-order valence-electron chi connectivity index (χ0n) is 23.2. The predicted molar refractivity (Wildman–Crippen MR) is 139 cm³/mol. The van der Waals surface area contributed by atoms with E-state index < -0.39 is 23.7 Å². The zero-order chi connectivity index (χ0) is 28.6. The number of nitrogens with one attached hydrogen (secondary N) is 1. The number of hydrogen-bond donors (Lipinski definition) is 1. The van der Waals surface area contributed by atoms with Gasteiger partial charge in [-0.05, 0) is 63.8 Å². The van der Waals surface area contributed by atoms with E-state index in [0.717, 1.165) is 11.1 Å². The van der Waals surface area contributed by atoms with Crippen LogP contribution in [-0.2, 0) is 14.3 Å². The molecular formula is C28H37FN2O7. The summed E-state index contributed by atoms with van der Waals surface area (Å²) in [7, 11) is 1.34. The maximum Gasteiger partial charge on any atom is 0.514 e. The van der Waals surface area contributed by atoms with Crippen LogP contribution in [0, 0.1) is 18.7 Å². The minimum atomic E-state index is -1.44. The Kier molecular flexibility index (Phi) is 10.8. The van der Waals surface area contributed by atoms with Gasteiger partial charge in [0.15, 0.2) is 11.4 Å². The highest BCUT2D eigenvalue weighted by Gasteiger charge is 2.33. The normalized spacial score (nSPS) is 14.4. The Morgan fingerprint density at radius 1 is 1.16 bits per heavy atom. The monoisotopic (exact) mass is 532 g/mol. The first-order valence-electron chi connectivity index (χ1n) is 12.4. The van der Waals surface area contributed by atoms with Gasteiger partial charge in [0.05, 0.1) is 25.9 Å². The van der Waals surface area contributed by atoms with Crippen LogP contribution in [0.25, 0.3) is 0 Å². The van der Waals surface area contributed by atoms with E-state index >= 15 is 0 Å². The number of aryl methyl sites for hydroxylation is 1. The van der Waals surface area contributed by atoms with Crippen molar-refractivity contribution >= 4 is 18.3 Å². The fourth-order valence-corrected chi connectivity index (χ4v) is 4.14. The number of amides is 1. The average molecular weight is 533 g/mol. The summed E-state index contributed by atoms with van der Waals surface area (Å²) in [6.45, 7) is 12.4. The molecular weight excluding hydrogens is 495 g/mol. The maximum atomic E-state index is 13.7. The molecule has 0 bridgehead atoms. The van der Waals surface area contributed by atoms with Gasteiger partial charge in [-0.2, -0.15) is 0 Å². The van der Waals surface area contributed by atoms with Crippen LogP contribution < -0.4 is 14.8 Å². The highest BCUT2D eigenvalue weighted by molar-refractivity contribution is 5.98. The van der Waals surface area contributed by atoms with E-state index in [1.807, 2.05) is 27.7 Å². The number of carbonyl (C=O) groups is 3. The lowest BCUT2D eigenvalue weighted by atomic mass is 9.82. The van der Waals surface area contributed by atoms with Crippen LogP contribution in [0.4, 0.5) is 9.18 Å². The summed E-state index contributed by atoms with van der Waals surface area (Å²) in [6, 6.07) is 6.06. The van der Waals surface area contributed by atoms with Crippen molar-refractivity contribution < 1.29 is 37.7 Å². The molecule has 0 fully saturated rings. The number of hydrogen-bond acceptors (Lipinski definition) is 8. The SMILES string of the molecule is COc1ccnc(C(=O)N[C@](C)(C=O)CO[C@@H](C)[C@H](c2ccc(F)cc2C)C(C)C)c1OC(=O)OC(C)C. The summed E-state index contributed by atoms with van der Waals surface area (Å²) in [5.41, 5.74) is 0.0401. The predicted octanol–water partition coefficient (Wildman–Crippen LogP) is 4.99. The van der Waals surface area contributed by atoms with Crippen molar-refractivity contribution in [2.45, 2.75) is 72.1 Å². The summed E-state index contributed by atoms with van der Waals surface area (Å²) < 4.78 is 35.2. The number of halogens is 1. The van der Waals surface area contributed by atoms with E-state index in [1.165, 1.54) is 38.4 Å². The van der Waals surface area contributed by atoms with Gasteiger partial charge < -0.3 is 29.1 Å². The molecule has 2 rings (SSSR count). The van der Waals surface area contributed by atoms with Crippen molar-refractivity contribution in [3.05, 3.63) is 53.1 Å².